The number of hydrogen-bond acceptors (Lipinski definition) is 6. The second-order valence-electron chi connectivity index (χ2n) is 5.35. The Labute approximate surface area is 148 Å². The highest BCUT2D eigenvalue weighted by molar-refractivity contribution is 7.98. The molecule has 1 N–H and O–H groups in total. The summed E-state index contributed by atoms with van der Waals surface area (Å²) in [5.74, 6) is 0.766. The molecule has 1 unspecified atom stereocenters. The fourth-order valence-corrected chi connectivity index (χ4v) is 2.89. The van der Waals surface area contributed by atoms with Gasteiger partial charge in [-0.25, -0.2) is 0 Å². The first-order valence-electron chi connectivity index (χ1n) is 7.57. The van der Waals surface area contributed by atoms with Gasteiger partial charge < -0.3 is 14.8 Å². The Morgan fingerprint density at radius 3 is 2.80 bits per heavy atom. The van der Waals surface area contributed by atoms with E-state index >= 15 is 0 Å². The van der Waals surface area contributed by atoms with Crippen LogP contribution in [0.2, 0.25) is 0 Å². The molecule has 1 aliphatic heterocycles. The molecule has 0 bridgehead atoms. The van der Waals surface area contributed by atoms with E-state index < -0.39 is 10.8 Å². The summed E-state index contributed by atoms with van der Waals surface area (Å²) in [6.07, 6.45) is 1.48. The molecule has 25 heavy (non-hydrogen) atoms. The second kappa shape index (κ2) is 7.43. The quantitative estimate of drug-likeness (QED) is 0.501. The molecule has 1 amide bonds. The summed E-state index contributed by atoms with van der Waals surface area (Å²) in [5, 5.41) is 13.8. The van der Waals surface area contributed by atoms with Gasteiger partial charge in [0.15, 0.2) is 11.5 Å². The molecule has 2 aromatic rings. The SMILES string of the molecule is CSc1ccc([N+](=O)[O-])c(C(=O)NCC2COc3ccccc3O2)c1. The molecule has 130 valence electrons. The third-order valence-electron chi connectivity index (χ3n) is 3.70. The molecule has 1 atom stereocenters. The number of nitro groups is 1. The minimum absolute atomic E-state index is 0.0361. The second-order valence-corrected chi connectivity index (χ2v) is 6.23. The van der Waals surface area contributed by atoms with Crippen molar-refractivity contribution in [2.75, 3.05) is 19.4 Å². The van der Waals surface area contributed by atoms with Crippen LogP contribution in [0.25, 0.3) is 0 Å². The van der Waals surface area contributed by atoms with Crippen molar-refractivity contribution in [1.29, 1.82) is 0 Å². The number of benzene rings is 2. The van der Waals surface area contributed by atoms with E-state index in [4.69, 9.17) is 9.47 Å². The van der Waals surface area contributed by atoms with Crippen molar-refractivity contribution in [1.82, 2.24) is 5.32 Å². The minimum Gasteiger partial charge on any atom is -0.486 e. The van der Waals surface area contributed by atoms with Crippen molar-refractivity contribution < 1.29 is 19.2 Å². The van der Waals surface area contributed by atoms with Crippen LogP contribution in [-0.2, 0) is 0 Å². The zero-order chi connectivity index (χ0) is 17.8. The Morgan fingerprint density at radius 2 is 2.08 bits per heavy atom. The molecule has 8 heteroatoms. The lowest BCUT2D eigenvalue weighted by Gasteiger charge is -2.26. The molecule has 0 fully saturated rings. The van der Waals surface area contributed by atoms with Crippen molar-refractivity contribution >= 4 is 23.4 Å². The number of carbonyl (C=O) groups excluding carboxylic acids is 1. The number of nitrogens with one attached hydrogen (secondary N) is 1. The normalized spacial score (nSPS) is 15.5. The van der Waals surface area contributed by atoms with Gasteiger partial charge >= 0.3 is 0 Å². The molecule has 7 nitrogen and oxygen atoms in total. The van der Waals surface area contributed by atoms with Gasteiger partial charge in [0.25, 0.3) is 11.6 Å². The molecule has 3 rings (SSSR count). The highest BCUT2D eigenvalue weighted by Crippen LogP contribution is 2.30. The molecule has 2 aromatic carbocycles. The van der Waals surface area contributed by atoms with Crippen LogP contribution in [0.4, 0.5) is 5.69 Å². The van der Waals surface area contributed by atoms with Crippen LogP contribution in [0, 0.1) is 10.1 Å². The molecule has 0 aromatic heterocycles. The van der Waals surface area contributed by atoms with Gasteiger partial charge in [0.2, 0.25) is 0 Å². The third kappa shape index (κ3) is 3.85. The summed E-state index contributed by atoms with van der Waals surface area (Å²) in [6, 6.07) is 11.8. The Hall–Kier alpha value is -2.74. The Kier molecular flexibility index (Phi) is 5.08. The minimum atomic E-state index is -0.560. The highest BCUT2D eigenvalue weighted by Gasteiger charge is 2.24. The number of ether oxygens (including phenoxy) is 2. The van der Waals surface area contributed by atoms with E-state index in [1.807, 2.05) is 18.4 Å². The van der Waals surface area contributed by atoms with E-state index in [1.165, 1.54) is 23.9 Å². The summed E-state index contributed by atoms with van der Waals surface area (Å²) < 4.78 is 11.3. The summed E-state index contributed by atoms with van der Waals surface area (Å²) in [7, 11) is 0. The van der Waals surface area contributed by atoms with E-state index in [-0.39, 0.29) is 23.9 Å². The Morgan fingerprint density at radius 1 is 1.32 bits per heavy atom. The number of fused-ring (bicyclic) bond motifs is 1. The van der Waals surface area contributed by atoms with Crippen LogP contribution < -0.4 is 14.8 Å². The molecular weight excluding hydrogens is 344 g/mol. The maximum Gasteiger partial charge on any atom is 0.282 e. The van der Waals surface area contributed by atoms with E-state index in [0.717, 1.165) is 4.90 Å². The van der Waals surface area contributed by atoms with Crippen LogP contribution >= 0.6 is 11.8 Å². The van der Waals surface area contributed by atoms with Crippen molar-refractivity contribution in [3.05, 3.63) is 58.1 Å². The van der Waals surface area contributed by atoms with Gasteiger partial charge in [0.1, 0.15) is 18.3 Å². The van der Waals surface area contributed by atoms with Crippen molar-refractivity contribution in [2.24, 2.45) is 0 Å². The lowest BCUT2D eigenvalue weighted by atomic mass is 10.1. The smallest absolute Gasteiger partial charge is 0.282 e. The van der Waals surface area contributed by atoms with Gasteiger partial charge in [-0.2, -0.15) is 0 Å². The molecule has 0 aliphatic carbocycles. The van der Waals surface area contributed by atoms with Crippen molar-refractivity contribution in [2.45, 2.75) is 11.0 Å². The Bertz CT molecular complexity index is 811. The predicted octanol–water partition coefficient (Wildman–Crippen LogP) is 2.89. The van der Waals surface area contributed by atoms with E-state index in [0.29, 0.717) is 18.1 Å². The van der Waals surface area contributed by atoms with Gasteiger partial charge in [-0.3, -0.25) is 14.9 Å². The van der Waals surface area contributed by atoms with Crippen LogP contribution in [-0.4, -0.2) is 36.3 Å². The zero-order valence-corrected chi connectivity index (χ0v) is 14.2. The molecule has 0 spiro atoms. The van der Waals surface area contributed by atoms with Crippen LogP contribution in [0.5, 0.6) is 11.5 Å². The molecular formula is C17H16N2O5S. The van der Waals surface area contributed by atoms with E-state index in [2.05, 4.69) is 5.32 Å². The first-order chi connectivity index (χ1) is 12.1. The average Bonchev–Trinajstić information content (AvgIpc) is 2.65. The van der Waals surface area contributed by atoms with E-state index in [1.54, 1.807) is 18.2 Å². The fourth-order valence-electron chi connectivity index (χ4n) is 2.45. The topological polar surface area (TPSA) is 90.7 Å². The van der Waals surface area contributed by atoms with E-state index in [9.17, 15) is 14.9 Å². The zero-order valence-electron chi connectivity index (χ0n) is 13.4. The number of hydrogen-bond donors (Lipinski definition) is 1. The first-order valence-corrected chi connectivity index (χ1v) is 8.80. The number of carbonyl (C=O) groups is 1. The summed E-state index contributed by atoms with van der Waals surface area (Å²) in [5.41, 5.74) is -0.185. The number of nitro benzene ring substituents is 1. The summed E-state index contributed by atoms with van der Waals surface area (Å²) >= 11 is 1.41. The van der Waals surface area contributed by atoms with Gasteiger partial charge in [0, 0.05) is 11.0 Å². The van der Waals surface area contributed by atoms with Gasteiger partial charge in [-0.1, -0.05) is 12.1 Å². The monoisotopic (exact) mass is 360 g/mol. The number of thioether (sulfide) groups is 1. The van der Waals surface area contributed by atoms with Crippen molar-refractivity contribution in [3.8, 4) is 11.5 Å². The predicted molar refractivity (Wildman–Crippen MR) is 93.6 cm³/mol. The fraction of sp³-hybridized carbons (Fsp3) is 0.235. The number of para-hydroxylation sites is 2. The summed E-state index contributed by atoms with van der Waals surface area (Å²) in [6.45, 7) is 0.484. The Balaban J connectivity index is 1.68. The van der Waals surface area contributed by atoms with Gasteiger partial charge in [-0.15, -0.1) is 11.8 Å². The average molecular weight is 360 g/mol. The van der Waals surface area contributed by atoms with Crippen LogP contribution in [0.15, 0.2) is 47.4 Å². The lowest BCUT2D eigenvalue weighted by molar-refractivity contribution is -0.385. The third-order valence-corrected chi connectivity index (χ3v) is 4.43. The molecule has 0 saturated heterocycles. The van der Waals surface area contributed by atoms with Crippen LogP contribution in [0.1, 0.15) is 10.4 Å². The van der Waals surface area contributed by atoms with Gasteiger partial charge in [-0.05, 0) is 30.5 Å². The number of amides is 1. The molecule has 0 radical (unpaired) electrons. The van der Waals surface area contributed by atoms with Crippen LogP contribution in [0.3, 0.4) is 0 Å². The highest BCUT2D eigenvalue weighted by atomic mass is 32.2. The largest absolute Gasteiger partial charge is 0.486 e. The number of rotatable bonds is 5. The molecule has 1 aliphatic rings. The number of nitrogens with zero attached hydrogens (tertiary/aromatic N) is 1. The van der Waals surface area contributed by atoms with Crippen molar-refractivity contribution in [3.63, 3.8) is 0 Å². The summed E-state index contributed by atoms with van der Waals surface area (Å²) in [4.78, 5) is 23.8. The molecule has 1 heterocycles. The molecule has 0 saturated carbocycles. The maximum atomic E-state index is 12.4. The lowest BCUT2D eigenvalue weighted by Crippen LogP contribution is -2.40. The first kappa shape index (κ1) is 17.1. The maximum absolute atomic E-state index is 12.4. The standard InChI is InChI=1S/C17H16N2O5S/c1-25-12-6-7-14(19(21)22)13(8-12)17(20)18-9-11-10-23-15-4-2-3-5-16(15)24-11/h2-8,11H,9-10H2,1H3,(H,18,20). The van der Waals surface area contributed by atoms with Gasteiger partial charge in [0.05, 0.1) is 11.5 Å².